The average molecular weight is 247 g/mol. The van der Waals surface area contributed by atoms with Gasteiger partial charge < -0.3 is 10.2 Å². The maximum atomic E-state index is 4.30. The largest absolute Gasteiger partial charge is 0.370 e. The van der Waals surface area contributed by atoms with Gasteiger partial charge in [0.25, 0.3) is 0 Å². The zero-order valence-electron chi connectivity index (χ0n) is 11.8. The molecule has 100 valence electrons. The van der Waals surface area contributed by atoms with E-state index in [4.69, 9.17) is 0 Å². The Labute approximate surface area is 111 Å². The van der Waals surface area contributed by atoms with E-state index in [1.54, 1.807) is 0 Å². The highest BCUT2D eigenvalue weighted by molar-refractivity contribution is 5.52. The van der Waals surface area contributed by atoms with Crippen molar-refractivity contribution in [2.75, 3.05) is 19.0 Å². The summed E-state index contributed by atoms with van der Waals surface area (Å²) in [6, 6.07) is 2.79. The van der Waals surface area contributed by atoms with E-state index in [0.29, 0.717) is 6.04 Å². The highest BCUT2D eigenvalue weighted by Crippen LogP contribution is 2.31. The number of nitrogens with zero attached hydrogens (tertiary/aromatic N) is 2. The van der Waals surface area contributed by atoms with E-state index < -0.39 is 0 Å². The van der Waals surface area contributed by atoms with Crippen LogP contribution in [0.1, 0.15) is 38.2 Å². The first-order valence-corrected chi connectivity index (χ1v) is 7.04. The monoisotopic (exact) mass is 247 g/mol. The fourth-order valence-electron chi connectivity index (χ4n) is 3.12. The molecular formula is C15H25N3. The van der Waals surface area contributed by atoms with Crippen molar-refractivity contribution in [1.29, 1.82) is 0 Å². The molecule has 0 amide bonds. The van der Waals surface area contributed by atoms with Crippen LogP contribution in [0.3, 0.4) is 0 Å². The van der Waals surface area contributed by atoms with Gasteiger partial charge in [0.05, 0.1) is 11.9 Å². The second kappa shape index (κ2) is 6.19. The Kier molecular flexibility index (Phi) is 4.59. The highest BCUT2D eigenvalue weighted by Gasteiger charge is 2.26. The first kappa shape index (κ1) is 13.3. The van der Waals surface area contributed by atoms with E-state index in [1.165, 1.54) is 36.9 Å². The standard InChI is InChI=1S/C15H25N3/c1-12-6-4-5-7-14(12)18(3)15-11-17-9-8-13(15)10-16-2/h8-9,11-12,14,16H,4-7,10H2,1-3H3. The van der Waals surface area contributed by atoms with Gasteiger partial charge in [0.2, 0.25) is 0 Å². The van der Waals surface area contributed by atoms with Gasteiger partial charge in [-0.15, -0.1) is 0 Å². The summed E-state index contributed by atoms with van der Waals surface area (Å²) in [5, 5.41) is 3.24. The van der Waals surface area contributed by atoms with Gasteiger partial charge in [-0.2, -0.15) is 0 Å². The van der Waals surface area contributed by atoms with Gasteiger partial charge in [-0.1, -0.05) is 19.8 Å². The molecule has 0 radical (unpaired) electrons. The molecule has 1 aliphatic carbocycles. The average Bonchev–Trinajstić information content (AvgIpc) is 2.40. The van der Waals surface area contributed by atoms with Crippen LogP contribution in [0.25, 0.3) is 0 Å². The molecule has 1 N–H and O–H groups in total. The summed E-state index contributed by atoms with van der Waals surface area (Å²) >= 11 is 0. The lowest BCUT2D eigenvalue weighted by Crippen LogP contribution is -2.39. The number of aromatic nitrogens is 1. The number of pyridine rings is 1. The molecule has 2 rings (SSSR count). The molecule has 0 saturated heterocycles. The van der Waals surface area contributed by atoms with Gasteiger partial charge in [0.1, 0.15) is 0 Å². The Hall–Kier alpha value is -1.09. The molecule has 1 aromatic rings. The Bertz CT molecular complexity index is 378. The van der Waals surface area contributed by atoms with Crippen LogP contribution in [0.2, 0.25) is 0 Å². The lowest BCUT2D eigenvalue weighted by atomic mass is 9.85. The van der Waals surface area contributed by atoms with Gasteiger partial charge in [-0.3, -0.25) is 4.98 Å². The number of hydrogen-bond donors (Lipinski definition) is 1. The highest BCUT2D eigenvalue weighted by atomic mass is 15.1. The van der Waals surface area contributed by atoms with Gasteiger partial charge >= 0.3 is 0 Å². The third kappa shape index (κ3) is 2.83. The van der Waals surface area contributed by atoms with E-state index in [-0.39, 0.29) is 0 Å². The molecule has 1 saturated carbocycles. The number of nitrogens with one attached hydrogen (secondary N) is 1. The van der Waals surface area contributed by atoms with Crippen molar-refractivity contribution >= 4 is 5.69 Å². The van der Waals surface area contributed by atoms with Gasteiger partial charge in [0, 0.05) is 25.8 Å². The SMILES string of the molecule is CNCc1ccncc1N(C)C1CCCCC1C. The molecule has 1 fully saturated rings. The van der Waals surface area contributed by atoms with Crippen molar-refractivity contribution in [3.8, 4) is 0 Å². The van der Waals surface area contributed by atoms with E-state index in [0.717, 1.165) is 12.5 Å². The van der Waals surface area contributed by atoms with E-state index in [1.807, 2.05) is 19.4 Å². The first-order valence-electron chi connectivity index (χ1n) is 7.04. The molecule has 1 aromatic heterocycles. The lowest BCUT2D eigenvalue weighted by molar-refractivity contribution is 0.321. The second-order valence-corrected chi connectivity index (χ2v) is 5.47. The molecule has 1 aliphatic rings. The summed E-state index contributed by atoms with van der Waals surface area (Å²) in [7, 11) is 4.22. The summed E-state index contributed by atoms with van der Waals surface area (Å²) in [6.07, 6.45) is 9.31. The van der Waals surface area contributed by atoms with Crippen LogP contribution in [0.15, 0.2) is 18.5 Å². The minimum atomic E-state index is 0.665. The van der Waals surface area contributed by atoms with Gasteiger partial charge in [-0.25, -0.2) is 0 Å². The van der Waals surface area contributed by atoms with Crippen LogP contribution < -0.4 is 10.2 Å². The Morgan fingerprint density at radius 2 is 2.17 bits per heavy atom. The Morgan fingerprint density at radius 1 is 1.39 bits per heavy atom. The number of rotatable bonds is 4. The Balaban J connectivity index is 2.19. The van der Waals surface area contributed by atoms with Crippen molar-refractivity contribution < 1.29 is 0 Å². The molecule has 1 heterocycles. The smallest absolute Gasteiger partial charge is 0.0598 e. The summed E-state index contributed by atoms with van der Waals surface area (Å²) < 4.78 is 0. The summed E-state index contributed by atoms with van der Waals surface area (Å²) in [6.45, 7) is 3.29. The maximum absolute atomic E-state index is 4.30. The van der Waals surface area contributed by atoms with Crippen molar-refractivity contribution in [2.45, 2.75) is 45.2 Å². The van der Waals surface area contributed by atoms with Crippen LogP contribution in [0.5, 0.6) is 0 Å². The first-order chi connectivity index (χ1) is 8.74. The number of anilines is 1. The van der Waals surface area contributed by atoms with Crippen LogP contribution in [0.4, 0.5) is 5.69 Å². The van der Waals surface area contributed by atoms with Crippen LogP contribution in [0, 0.1) is 5.92 Å². The number of hydrogen-bond acceptors (Lipinski definition) is 3. The molecule has 0 aliphatic heterocycles. The molecule has 2 unspecified atom stereocenters. The summed E-state index contributed by atoms with van der Waals surface area (Å²) in [5.74, 6) is 0.784. The molecule has 0 aromatic carbocycles. The predicted octanol–water partition coefficient (Wildman–Crippen LogP) is 2.82. The Morgan fingerprint density at radius 3 is 2.89 bits per heavy atom. The minimum Gasteiger partial charge on any atom is -0.370 e. The van der Waals surface area contributed by atoms with Crippen molar-refractivity contribution in [1.82, 2.24) is 10.3 Å². The van der Waals surface area contributed by atoms with Crippen molar-refractivity contribution in [2.24, 2.45) is 5.92 Å². The fourth-order valence-corrected chi connectivity index (χ4v) is 3.12. The van der Waals surface area contributed by atoms with Gasteiger partial charge in [0.15, 0.2) is 0 Å². The van der Waals surface area contributed by atoms with Gasteiger partial charge in [-0.05, 0) is 37.4 Å². The third-order valence-electron chi connectivity index (χ3n) is 4.20. The maximum Gasteiger partial charge on any atom is 0.0598 e. The zero-order valence-corrected chi connectivity index (χ0v) is 11.8. The van der Waals surface area contributed by atoms with Crippen LogP contribution >= 0.6 is 0 Å². The third-order valence-corrected chi connectivity index (χ3v) is 4.20. The molecule has 3 heteroatoms. The van der Waals surface area contributed by atoms with Crippen LogP contribution in [-0.4, -0.2) is 25.1 Å². The molecular weight excluding hydrogens is 222 g/mol. The minimum absolute atomic E-state index is 0.665. The lowest BCUT2D eigenvalue weighted by Gasteiger charge is -2.38. The fraction of sp³-hybridized carbons (Fsp3) is 0.667. The van der Waals surface area contributed by atoms with E-state index in [9.17, 15) is 0 Å². The molecule has 18 heavy (non-hydrogen) atoms. The van der Waals surface area contributed by atoms with Crippen molar-refractivity contribution in [3.05, 3.63) is 24.0 Å². The summed E-state index contributed by atoms with van der Waals surface area (Å²) in [5.41, 5.74) is 2.62. The van der Waals surface area contributed by atoms with E-state index >= 15 is 0 Å². The molecule has 0 spiro atoms. The summed E-state index contributed by atoms with van der Waals surface area (Å²) in [4.78, 5) is 6.75. The molecule has 3 nitrogen and oxygen atoms in total. The molecule has 2 atom stereocenters. The molecule has 0 bridgehead atoms. The zero-order chi connectivity index (χ0) is 13.0. The van der Waals surface area contributed by atoms with E-state index in [2.05, 4.69) is 35.2 Å². The quantitative estimate of drug-likeness (QED) is 0.887. The second-order valence-electron chi connectivity index (χ2n) is 5.47. The normalized spacial score (nSPS) is 23.9. The topological polar surface area (TPSA) is 28.2 Å². The predicted molar refractivity (Wildman–Crippen MR) is 76.8 cm³/mol. The van der Waals surface area contributed by atoms with Crippen molar-refractivity contribution in [3.63, 3.8) is 0 Å². The van der Waals surface area contributed by atoms with Crippen LogP contribution in [-0.2, 0) is 6.54 Å².